The van der Waals surface area contributed by atoms with Crippen molar-refractivity contribution in [2.45, 2.75) is 38.5 Å². The minimum atomic E-state index is -4.76. The van der Waals surface area contributed by atoms with Crippen LogP contribution in [-0.4, -0.2) is 60.4 Å². The van der Waals surface area contributed by atoms with Gasteiger partial charge in [-0.25, -0.2) is 9.50 Å². The van der Waals surface area contributed by atoms with E-state index < -0.39 is 30.7 Å². The van der Waals surface area contributed by atoms with Crippen LogP contribution in [0.3, 0.4) is 0 Å². The van der Waals surface area contributed by atoms with Crippen molar-refractivity contribution in [1.82, 2.24) is 24.5 Å². The van der Waals surface area contributed by atoms with E-state index in [0.717, 1.165) is 16.3 Å². The number of nitrogens with zero attached hydrogens (tertiary/aromatic N) is 5. The third-order valence-corrected chi connectivity index (χ3v) is 4.10. The molecule has 0 saturated carbocycles. The van der Waals surface area contributed by atoms with Crippen LogP contribution >= 0.6 is 0 Å². The number of β-amino-alcohol motifs (C(OH)–C–C–N with tert-alkyl or cyclic N) is 1. The third-order valence-electron chi connectivity index (χ3n) is 4.10. The summed E-state index contributed by atoms with van der Waals surface area (Å²) in [5.41, 5.74) is -1.30. The minimum Gasteiger partial charge on any atom is -0.379 e. The topological polar surface area (TPSA) is 83.6 Å². The van der Waals surface area contributed by atoms with Crippen molar-refractivity contribution >= 4 is 11.7 Å². The highest BCUT2D eigenvalue weighted by atomic mass is 19.4. The van der Waals surface area contributed by atoms with Gasteiger partial charge in [0.1, 0.15) is 0 Å². The number of hydrogen-bond acceptors (Lipinski definition) is 5. The van der Waals surface area contributed by atoms with Gasteiger partial charge in [-0.15, -0.1) is 5.10 Å². The van der Waals surface area contributed by atoms with Crippen molar-refractivity contribution < 1.29 is 23.1 Å². The molecule has 3 rings (SSSR count). The summed E-state index contributed by atoms with van der Waals surface area (Å²) in [7, 11) is 0. The fourth-order valence-corrected chi connectivity index (χ4v) is 2.77. The number of alkyl halides is 3. The molecule has 24 heavy (non-hydrogen) atoms. The van der Waals surface area contributed by atoms with Crippen LogP contribution in [0.15, 0.2) is 6.07 Å². The Morgan fingerprint density at radius 1 is 1.38 bits per heavy atom. The lowest BCUT2D eigenvalue weighted by atomic mass is 10.0. The number of rotatable bonds is 2. The van der Waals surface area contributed by atoms with Crippen molar-refractivity contribution in [2.24, 2.45) is 0 Å². The SMILES string of the molecule is Cc1cc(C)n2nc(CC(=O)N3CCC(O)(C(F)(F)F)C3)nc2n1. The van der Waals surface area contributed by atoms with Gasteiger partial charge < -0.3 is 10.0 Å². The quantitative estimate of drug-likeness (QED) is 0.872. The molecule has 1 amide bonds. The monoisotopic (exact) mass is 343 g/mol. The molecule has 10 heteroatoms. The van der Waals surface area contributed by atoms with Gasteiger partial charge in [-0.05, 0) is 19.9 Å². The summed E-state index contributed by atoms with van der Waals surface area (Å²) in [6, 6.07) is 1.80. The molecule has 0 aromatic carbocycles. The van der Waals surface area contributed by atoms with E-state index >= 15 is 0 Å². The normalized spacial score (nSPS) is 21.7. The van der Waals surface area contributed by atoms with Gasteiger partial charge in [0.2, 0.25) is 5.91 Å². The van der Waals surface area contributed by atoms with Gasteiger partial charge in [-0.2, -0.15) is 18.2 Å². The number of fused-ring (bicyclic) bond motifs is 1. The maximum atomic E-state index is 12.8. The Kier molecular flexibility index (Phi) is 3.74. The first-order valence-corrected chi connectivity index (χ1v) is 7.36. The zero-order valence-electron chi connectivity index (χ0n) is 13.1. The van der Waals surface area contributed by atoms with Crippen LogP contribution < -0.4 is 0 Å². The number of halogens is 3. The fourth-order valence-electron chi connectivity index (χ4n) is 2.77. The van der Waals surface area contributed by atoms with E-state index in [1.807, 2.05) is 6.92 Å². The number of likely N-dealkylation sites (tertiary alicyclic amines) is 1. The first-order valence-electron chi connectivity index (χ1n) is 7.36. The highest BCUT2D eigenvalue weighted by Crippen LogP contribution is 2.37. The number of amides is 1. The number of carbonyl (C=O) groups is 1. The Morgan fingerprint density at radius 2 is 2.08 bits per heavy atom. The smallest absolute Gasteiger partial charge is 0.379 e. The van der Waals surface area contributed by atoms with Crippen molar-refractivity contribution in [3.05, 3.63) is 23.3 Å². The van der Waals surface area contributed by atoms with Crippen LogP contribution in [0.5, 0.6) is 0 Å². The van der Waals surface area contributed by atoms with E-state index in [4.69, 9.17) is 0 Å². The predicted octanol–water partition coefficient (Wildman–Crippen LogP) is 0.809. The lowest BCUT2D eigenvalue weighted by Gasteiger charge is -2.25. The third kappa shape index (κ3) is 2.81. The Hall–Kier alpha value is -2.23. The largest absolute Gasteiger partial charge is 0.419 e. The van der Waals surface area contributed by atoms with Crippen LogP contribution in [0.2, 0.25) is 0 Å². The van der Waals surface area contributed by atoms with Crippen molar-refractivity contribution in [3.8, 4) is 0 Å². The van der Waals surface area contributed by atoms with Gasteiger partial charge in [-0.1, -0.05) is 0 Å². The van der Waals surface area contributed by atoms with Gasteiger partial charge in [0, 0.05) is 24.4 Å². The van der Waals surface area contributed by atoms with Gasteiger partial charge in [0.15, 0.2) is 11.4 Å². The van der Waals surface area contributed by atoms with E-state index in [1.165, 1.54) is 4.52 Å². The van der Waals surface area contributed by atoms with Crippen LogP contribution in [0, 0.1) is 13.8 Å². The van der Waals surface area contributed by atoms with Crippen LogP contribution in [0.4, 0.5) is 13.2 Å². The summed E-state index contributed by atoms with van der Waals surface area (Å²) in [4.78, 5) is 21.5. The number of aryl methyl sites for hydroxylation is 2. The molecule has 1 unspecified atom stereocenters. The molecular weight excluding hydrogens is 327 g/mol. The molecule has 1 atom stereocenters. The Labute approximate surface area is 135 Å². The fraction of sp³-hybridized carbons (Fsp3) is 0.571. The summed E-state index contributed by atoms with van der Waals surface area (Å²) in [5.74, 6) is -0.0346. The highest BCUT2D eigenvalue weighted by molar-refractivity contribution is 5.78. The molecule has 0 spiro atoms. The maximum absolute atomic E-state index is 12.8. The van der Waals surface area contributed by atoms with E-state index in [9.17, 15) is 23.1 Å². The van der Waals surface area contributed by atoms with Crippen LogP contribution in [0.25, 0.3) is 5.78 Å². The zero-order chi connectivity index (χ0) is 17.7. The number of aliphatic hydroxyl groups is 1. The second-order valence-electron chi connectivity index (χ2n) is 6.05. The Bertz CT molecular complexity index is 804. The molecule has 7 nitrogen and oxygen atoms in total. The molecule has 1 aliphatic rings. The lowest BCUT2D eigenvalue weighted by molar-refractivity contribution is -0.253. The van der Waals surface area contributed by atoms with Crippen molar-refractivity contribution in [3.63, 3.8) is 0 Å². The first-order chi connectivity index (χ1) is 11.1. The second kappa shape index (κ2) is 5.40. The number of carbonyl (C=O) groups excluding carboxylic acids is 1. The van der Waals surface area contributed by atoms with E-state index in [1.54, 1.807) is 13.0 Å². The summed E-state index contributed by atoms with van der Waals surface area (Å²) in [5, 5.41) is 13.8. The molecule has 1 aliphatic heterocycles. The zero-order valence-corrected chi connectivity index (χ0v) is 13.1. The molecule has 1 N–H and O–H groups in total. The molecule has 1 saturated heterocycles. The second-order valence-corrected chi connectivity index (χ2v) is 6.05. The van der Waals surface area contributed by atoms with Gasteiger partial charge >= 0.3 is 6.18 Å². The van der Waals surface area contributed by atoms with Gasteiger partial charge in [0.05, 0.1) is 13.0 Å². The summed E-state index contributed by atoms with van der Waals surface area (Å²) >= 11 is 0. The minimum absolute atomic E-state index is 0.154. The maximum Gasteiger partial charge on any atom is 0.419 e. The molecule has 0 aliphatic carbocycles. The first kappa shape index (κ1) is 16.6. The summed E-state index contributed by atoms with van der Waals surface area (Å²) in [6.45, 7) is 2.69. The molecule has 1 fully saturated rings. The molecule has 2 aromatic rings. The number of aromatic nitrogens is 4. The van der Waals surface area contributed by atoms with E-state index in [0.29, 0.717) is 5.78 Å². The number of hydrogen-bond donors (Lipinski definition) is 1. The average molecular weight is 343 g/mol. The van der Waals surface area contributed by atoms with Crippen LogP contribution in [-0.2, 0) is 11.2 Å². The molecule has 0 bridgehead atoms. The molecule has 0 radical (unpaired) electrons. The Morgan fingerprint density at radius 3 is 2.71 bits per heavy atom. The molecular formula is C14H16F3N5O2. The standard InChI is InChI=1S/C14H16F3N5O2/c1-8-5-9(2)22-12(18-8)19-10(20-22)6-11(23)21-4-3-13(24,7-21)14(15,16)17/h5,24H,3-4,6-7H2,1-2H3. The molecule has 130 valence electrons. The van der Waals surface area contributed by atoms with Crippen LogP contribution in [0.1, 0.15) is 23.6 Å². The summed E-state index contributed by atoms with van der Waals surface area (Å²) in [6.07, 6.45) is -5.53. The molecule has 3 heterocycles. The van der Waals surface area contributed by atoms with E-state index in [-0.39, 0.29) is 18.8 Å². The lowest BCUT2D eigenvalue weighted by Crippen LogP contribution is -2.48. The summed E-state index contributed by atoms with van der Waals surface area (Å²) < 4.78 is 39.9. The van der Waals surface area contributed by atoms with E-state index in [2.05, 4.69) is 15.1 Å². The Balaban J connectivity index is 1.75. The van der Waals surface area contributed by atoms with Crippen molar-refractivity contribution in [2.75, 3.05) is 13.1 Å². The highest BCUT2D eigenvalue weighted by Gasteiger charge is 2.57. The van der Waals surface area contributed by atoms with Crippen molar-refractivity contribution in [1.29, 1.82) is 0 Å². The predicted molar refractivity (Wildman–Crippen MR) is 76.2 cm³/mol. The van der Waals surface area contributed by atoms with Gasteiger partial charge in [0.25, 0.3) is 5.78 Å². The van der Waals surface area contributed by atoms with Gasteiger partial charge in [-0.3, -0.25) is 4.79 Å². The average Bonchev–Trinajstić information content (AvgIpc) is 3.02. The molecule has 2 aromatic heterocycles.